The molecule has 2 rings (SSSR count). The summed E-state index contributed by atoms with van der Waals surface area (Å²) >= 11 is 0. The molecule has 2 amide bonds. The number of hydrogen-bond acceptors (Lipinski definition) is 4. The van der Waals surface area contributed by atoms with Crippen LogP contribution in [0, 0.1) is 0 Å². The second-order valence-corrected chi connectivity index (χ2v) is 5.44. The van der Waals surface area contributed by atoms with E-state index in [1.165, 1.54) is 16.8 Å². The van der Waals surface area contributed by atoms with Crippen LogP contribution >= 0.6 is 0 Å². The molecule has 0 spiro atoms. The van der Waals surface area contributed by atoms with Crippen LogP contribution in [-0.4, -0.2) is 65.5 Å². The summed E-state index contributed by atoms with van der Waals surface area (Å²) in [6.07, 6.45) is -0.136. The van der Waals surface area contributed by atoms with Crippen molar-refractivity contribution >= 4 is 17.8 Å². The number of aliphatic carboxylic acids is 1. The van der Waals surface area contributed by atoms with Crippen molar-refractivity contribution < 1.29 is 24.2 Å². The van der Waals surface area contributed by atoms with Crippen LogP contribution in [0.2, 0.25) is 0 Å². The van der Waals surface area contributed by atoms with E-state index in [1.54, 1.807) is 0 Å². The molecule has 0 bridgehead atoms. The van der Waals surface area contributed by atoms with Gasteiger partial charge in [-0.05, 0) is 5.56 Å². The third-order valence-electron chi connectivity index (χ3n) is 3.72. The summed E-state index contributed by atoms with van der Waals surface area (Å²) in [5.41, 5.74) is 0.925. The first-order valence-electron chi connectivity index (χ1n) is 7.37. The molecule has 1 aromatic rings. The number of ether oxygens (including phenoxy) is 1. The summed E-state index contributed by atoms with van der Waals surface area (Å²) < 4.78 is 5.20. The maximum absolute atomic E-state index is 12.5. The Balaban J connectivity index is 2.08. The van der Waals surface area contributed by atoms with E-state index in [2.05, 4.69) is 0 Å². The van der Waals surface area contributed by atoms with E-state index in [0.29, 0.717) is 6.54 Å². The smallest absolute Gasteiger partial charge is 0.305 e. The maximum atomic E-state index is 12.5. The number of rotatable bonds is 6. The van der Waals surface area contributed by atoms with Crippen molar-refractivity contribution in [3.63, 3.8) is 0 Å². The van der Waals surface area contributed by atoms with Gasteiger partial charge in [0, 0.05) is 20.1 Å². The van der Waals surface area contributed by atoms with Crippen LogP contribution < -0.4 is 0 Å². The topological polar surface area (TPSA) is 87.1 Å². The Hall–Kier alpha value is -2.41. The van der Waals surface area contributed by atoms with Gasteiger partial charge in [0.25, 0.3) is 0 Å². The van der Waals surface area contributed by atoms with Crippen molar-refractivity contribution in [1.29, 1.82) is 0 Å². The summed E-state index contributed by atoms with van der Waals surface area (Å²) in [4.78, 5) is 38.1. The van der Waals surface area contributed by atoms with Crippen molar-refractivity contribution in [2.75, 3.05) is 26.8 Å². The fourth-order valence-corrected chi connectivity index (χ4v) is 2.42. The Morgan fingerprint density at radius 1 is 1.35 bits per heavy atom. The fraction of sp³-hybridized carbons (Fsp3) is 0.438. The Morgan fingerprint density at radius 2 is 2.04 bits per heavy atom. The van der Waals surface area contributed by atoms with Gasteiger partial charge in [0.15, 0.2) is 0 Å². The van der Waals surface area contributed by atoms with Gasteiger partial charge in [0.1, 0.15) is 12.6 Å². The van der Waals surface area contributed by atoms with Crippen LogP contribution in [0.15, 0.2) is 30.3 Å². The van der Waals surface area contributed by atoms with Crippen LogP contribution in [0.5, 0.6) is 0 Å². The molecule has 0 radical (unpaired) electrons. The lowest BCUT2D eigenvalue weighted by Gasteiger charge is -2.36. The number of amides is 2. The maximum Gasteiger partial charge on any atom is 0.305 e. The second-order valence-electron chi connectivity index (χ2n) is 5.44. The van der Waals surface area contributed by atoms with Gasteiger partial charge in [0.05, 0.1) is 13.0 Å². The quantitative estimate of drug-likeness (QED) is 0.817. The summed E-state index contributed by atoms with van der Waals surface area (Å²) in [5, 5.41) is 8.72. The summed E-state index contributed by atoms with van der Waals surface area (Å²) in [7, 11) is 1.53. The average molecular weight is 320 g/mol. The highest BCUT2D eigenvalue weighted by Crippen LogP contribution is 2.15. The molecule has 1 N–H and O–H groups in total. The summed E-state index contributed by atoms with van der Waals surface area (Å²) in [6.45, 7) is 0.495. The molecule has 1 aromatic carbocycles. The molecule has 0 unspecified atom stereocenters. The second kappa shape index (κ2) is 7.73. The normalized spacial score (nSPS) is 17.9. The Bertz CT molecular complexity index is 575. The Morgan fingerprint density at radius 3 is 2.70 bits per heavy atom. The zero-order valence-electron chi connectivity index (χ0n) is 13.0. The average Bonchev–Trinajstić information content (AvgIpc) is 2.54. The first-order chi connectivity index (χ1) is 11.0. The molecule has 1 fully saturated rings. The molecule has 124 valence electrons. The first-order valence-corrected chi connectivity index (χ1v) is 7.37. The van der Waals surface area contributed by atoms with Gasteiger partial charge in [-0.25, -0.2) is 0 Å². The largest absolute Gasteiger partial charge is 0.481 e. The molecule has 7 nitrogen and oxygen atoms in total. The van der Waals surface area contributed by atoms with Gasteiger partial charge in [-0.15, -0.1) is 0 Å². The highest BCUT2D eigenvalue weighted by atomic mass is 16.5. The monoisotopic (exact) mass is 320 g/mol. The minimum absolute atomic E-state index is 0.0462. The lowest BCUT2D eigenvalue weighted by Crippen LogP contribution is -2.56. The van der Waals surface area contributed by atoms with E-state index < -0.39 is 12.0 Å². The van der Waals surface area contributed by atoms with Gasteiger partial charge in [-0.1, -0.05) is 30.3 Å². The highest BCUT2D eigenvalue weighted by molar-refractivity contribution is 5.89. The predicted octanol–water partition coefficient (Wildman–Crippen LogP) is 0.347. The van der Waals surface area contributed by atoms with Crippen molar-refractivity contribution in [2.45, 2.75) is 19.0 Å². The molecule has 1 atom stereocenters. The number of nitrogens with zero attached hydrogens (tertiary/aromatic N) is 2. The van der Waals surface area contributed by atoms with Crippen LogP contribution in [0.4, 0.5) is 0 Å². The number of morpholine rings is 1. The molecule has 0 saturated carbocycles. The zero-order valence-corrected chi connectivity index (χ0v) is 13.0. The van der Waals surface area contributed by atoms with Crippen LogP contribution in [0.3, 0.4) is 0 Å². The minimum Gasteiger partial charge on any atom is -0.481 e. The molecule has 1 saturated heterocycles. The number of hydrogen-bond donors (Lipinski definition) is 1. The molecule has 0 aliphatic carbocycles. The Kier molecular flexibility index (Phi) is 5.70. The highest BCUT2D eigenvalue weighted by Gasteiger charge is 2.35. The third kappa shape index (κ3) is 4.53. The number of carboxylic acid groups (broad SMARTS) is 1. The molecular weight excluding hydrogens is 300 g/mol. The number of likely N-dealkylation sites (N-methyl/N-ethyl adjacent to an activating group) is 1. The summed E-state index contributed by atoms with van der Waals surface area (Å²) in [6, 6.07) is 8.67. The van der Waals surface area contributed by atoms with E-state index in [0.717, 1.165) is 5.56 Å². The van der Waals surface area contributed by atoms with Gasteiger partial charge < -0.3 is 19.6 Å². The fourth-order valence-electron chi connectivity index (χ4n) is 2.42. The third-order valence-corrected chi connectivity index (χ3v) is 3.72. The molecule has 1 aliphatic heterocycles. The molecular formula is C16H20N2O5. The van der Waals surface area contributed by atoms with Crippen molar-refractivity contribution in [3.05, 3.63) is 35.9 Å². The van der Waals surface area contributed by atoms with E-state index in [9.17, 15) is 14.4 Å². The van der Waals surface area contributed by atoms with Crippen LogP contribution in [0.1, 0.15) is 12.0 Å². The first kappa shape index (κ1) is 17.0. The number of benzene rings is 1. The van der Waals surface area contributed by atoms with Gasteiger partial charge in [0.2, 0.25) is 11.8 Å². The number of carboxylic acids is 1. The number of carbonyl (C=O) groups excluding carboxylic acids is 2. The van der Waals surface area contributed by atoms with E-state index >= 15 is 0 Å². The lowest BCUT2D eigenvalue weighted by atomic mass is 10.1. The van der Waals surface area contributed by atoms with Crippen molar-refractivity contribution in [3.8, 4) is 0 Å². The van der Waals surface area contributed by atoms with Crippen molar-refractivity contribution in [2.24, 2.45) is 0 Å². The molecule has 1 aliphatic rings. The standard InChI is InChI=1S/C16H20N2O5/c1-17(8-7-15(20)21)16(22)13-10-23-11-14(19)18(13)9-12-5-3-2-4-6-12/h2-6,13H,7-11H2,1H3,(H,20,21)/t13-/m1/s1. The van der Waals surface area contributed by atoms with Gasteiger partial charge in [-0.3, -0.25) is 14.4 Å². The number of carbonyl (C=O) groups is 3. The van der Waals surface area contributed by atoms with E-state index in [4.69, 9.17) is 9.84 Å². The van der Waals surface area contributed by atoms with E-state index in [1.807, 2.05) is 30.3 Å². The lowest BCUT2D eigenvalue weighted by molar-refractivity contribution is -0.159. The zero-order chi connectivity index (χ0) is 16.8. The van der Waals surface area contributed by atoms with Crippen LogP contribution in [0.25, 0.3) is 0 Å². The molecule has 1 heterocycles. The van der Waals surface area contributed by atoms with Crippen LogP contribution in [-0.2, 0) is 25.7 Å². The minimum atomic E-state index is -0.971. The van der Waals surface area contributed by atoms with Gasteiger partial charge >= 0.3 is 5.97 Å². The molecule has 23 heavy (non-hydrogen) atoms. The summed E-state index contributed by atoms with van der Waals surface area (Å²) in [5.74, 6) is -1.53. The SMILES string of the molecule is CN(CCC(=O)O)C(=O)[C@H]1COCC(=O)N1Cc1ccccc1. The van der Waals surface area contributed by atoms with Crippen molar-refractivity contribution in [1.82, 2.24) is 9.80 Å². The van der Waals surface area contributed by atoms with Gasteiger partial charge in [-0.2, -0.15) is 0 Å². The molecule has 7 heteroatoms. The molecule has 0 aromatic heterocycles. The Labute approximate surface area is 134 Å². The predicted molar refractivity (Wildman–Crippen MR) is 81.5 cm³/mol. The van der Waals surface area contributed by atoms with E-state index in [-0.39, 0.29) is 38.0 Å².